The summed E-state index contributed by atoms with van der Waals surface area (Å²) >= 11 is 0. The van der Waals surface area contributed by atoms with E-state index in [9.17, 15) is 14.4 Å². The minimum absolute atomic E-state index is 0.0359. The second kappa shape index (κ2) is 6.35. The normalized spacial score (nSPS) is 18.5. The van der Waals surface area contributed by atoms with Crippen molar-refractivity contribution < 1.29 is 4.79 Å². The molecule has 1 heterocycles. The Kier molecular flexibility index (Phi) is 4.37. The minimum atomic E-state index is -0.510. The molecule has 2 atom stereocenters. The molecule has 6 nitrogen and oxygen atoms in total. The molecule has 132 valence electrons. The first-order valence-electron chi connectivity index (χ1n) is 8.52. The highest BCUT2D eigenvalue weighted by molar-refractivity contribution is 5.99. The Morgan fingerprint density at radius 2 is 1.88 bits per heavy atom. The third-order valence-electron chi connectivity index (χ3n) is 5.00. The van der Waals surface area contributed by atoms with E-state index in [1.165, 1.54) is 0 Å². The molecule has 0 saturated heterocycles. The fraction of sp³-hybridized carbons (Fsp3) is 0.421. The maximum Gasteiger partial charge on any atom is 0.253 e. The average molecular weight is 341 g/mol. The van der Waals surface area contributed by atoms with Crippen LogP contribution in [0.25, 0.3) is 0 Å². The van der Waals surface area contributed by atoms with Crippen LogP contribution in [-0.2, 0) is 11.3 Å². The molecule has 1 N–H and O–H groups in total. The van der Waals surface area contributed by atoms with Gasteiger partial charge in [-0.15, -0.1) is 0 Å². The van der Waals surface area contributed by atoms with Gasteiger partial charge in [0.1, 0.15) is 17.4 Å². The first-order chi connectivity index (χ1) is 11.9. The van der Waals surface area contributed by atoms with Crippen LogP contribution in [0.4, 0.5) is 17.1 Å². The van der Waals surface area contributed by atoms with Crippen molar-refractivity contribution in [2.75, 3.05) is 29.2 Å². The molecule has 0 fully saturated rings. The zero-order valence-corrected chi connectivity index (χ0v) is 15.0. The van der Waals surface area contributed by atoms with Crippen molar-refractivity contribution in [3.8, 4) is 0 Å². The summed E-state index contributed by atoms with van der Waals surface area (Å²) in [6, 6.07) is 7.07. The van der Waals surface area contributed by atoms with E-state index < -0.39 is 16.9 Å². The number of nitrogens with one attached hydrogen (secondary N) is 1. The topological polar surface area (TPSA) is 69.7 Å². The van der Waals surface area contributed by atoms with E-state index in [1.807, 2.05) is 43.0 Å². The van der Waals surface area contributed by atoms with E-state index in [0.717, 1.165) is 17.7 Å². The second-order valence-electron chi connectivity index (χ2n) is 6.85. The van der Waals surface area contributed by atoms with E-state index in [-0.39, 0.29) is 11.8 Å². The van der Waals surface area contributed by atoms with Crippen molar-refractivity contribution in [2.24, 2.45) is 5.92 Å². The summed E-state index contributed by atoms with van der Waals surface area (Å²) < 4.78 is 0. The quantitative estimate of drug-likeness (QED) is 0.858. The van der Waals surface area contributed by atoms with E-state index in [0.29, 0.717) is 17.9 Å². The van der Waals surface area contributed by atoms with Crippen molar-refractivity contribution in [2.45, 2.75) is 32.9 Å². The highest BCUT2D eigenvalue weighted by Crippen LogP contribution is 2.33. The van der Waals surface area contributed by atoms with Crippen LogP contribution in [0.1, 0.15) is 25.8 Å². The summed E-state index contributed by atoms with van der Waals surface area (Å²) in [6.45, 7) is 4.42. The molecule has 0 spiro atoms. The van der Waals surface area contributed by atoms with Crippen LogP contribution in [-0.4, -0.2) is 26.0 Å². The Hall–Kier alpha value is -2.63. The summed E-state index contributed by atoms with van der Waals surface area (Å²) in [5.74, 6) is -0.106. The SMILES string of the molecule is CC[C@H](C)[C@H]1C(=O)Nc2ccccc2CN1c1c(N(C)C)c(=O)c1=O. The molecule has 3 rings (SSSR count). The van der Waals surface area contributed by atoms with Gasteiger partial charge >= 0.3 is 0 Å². The fourth-order valence-electron chi connectivity index (χ4n) is 3.47. The van der Waals surface area contributed by atoms with Gasteiger partial charge in [-0.1, -0.05) is 38.5 Å². The first-order valence-corrected chi connectivity index (χ1v) is 8.52. The molecule has 6 heteroatoms. The van der Waals surface area contributed by atoms with Gasteiger partial charge in [-0.25, -0.2) is 0 Å². The molecule has 0 unspecified atom stereocenters. The zero-order valence-electron chi connectivity index (χ0n) is 15.0. The number of carbonyl (C=O) groups is 1. The van der Waals surface area contributed by atoms with Gasteiger partial charge in [-0.2, -0.15) is 0 Å². The summed E-state index contributed by atoms with van der Waals surface area (Å²) in [5.41, 5.74) is 1.43. The van der Waals surface area contributed by atoms with Crippen molar-refractivity contribution in [1.82, 2.24) is 0 Å². The summed E-state index contributed by atoms with van der Waals surface area (Å²) in [5, 5.41) is 2.98. The largest absolute Gasteiger partial charge is 0.373 e. The van der Waals surface area contributed by atoms with Crippen LogP contribution >= 0.6 is 0 Å². The van der Waals surface area contributed by atoms with Crippen LogP contribution < -0.4 is 26.0 Å². The number of fused-ring (bicyclic) bond motifs is 1. The molecular formula is C19H23N3O3. The number of amides is 1. The summed E-state index contributed by atoms with van der Waals surface area (Å²) in [4.78, 5) is 40.8. The van der Waals surface area contributed by atoms with Crippen LogP contribution in [0.3, 0.4) is 0 Å². The summed E-state index contributed by atoms with van der Waals surface area (Å²) in [6.07, 6.45) is 0.789. The van der Waals surface area contributed by atoms with Crippen molar-refractivity contribution in [1.29, 1.82) is 0 Å². The Bertz CT molecular complexity index is 880. The van der Waals surface area contributed by atoms with Gasteiger partial charge in [0.2, 0.25) is 5.91 Å². The maximum atomic E-state index is 12.9. The minimum Gasteiger partial charge on any atom is -0.373 e. The Labute approximate surface area is 146 Å². The molecule has 0 radical (unpaired) electrons. The standard InChI is InChI=1S/C19H23N3O3/c1-5-11(2)14-19(25)20-13-9-7-6-8-12(13)10-22(14)16-15(21(3)4)17(23)18(16)24/h6-9,11,14H,5,10H2,1-4H3,(H,20,25)/t11-,14-/m0/s1. The molecular weight excluding hydrogens is 318 g/mol. The lowest BCUT2D eigenvalue weighted by Crippen LogP contribution is -2.52. The maximum absolute atomic E-state index is 12.9. The van der Waals surface area contributed by atoms with Gasteiger partial charge < -0.3 is 15.1 Å². The number of para-hydroxylation sites is 1. The summed E-state index contributed by atoms with van der Waals surface area (Å²) in [7, 11) is 3.48. The van der Waals surface area contributed by atoms with Gasteiger partial charge in [0.15, 0.2) is 0 Å². The fourth-order valence-corrected chi connectivity index (χ4v) is 3.47. The van der Waals surface area contributed by atoms with Gasteiger partial charge in [0.05, 0.1) is 0 Å². The third-order valence-corrected chi connectivity index (χ3v) is 5.00. The van der Waals surface area contributed by atoms with E-state index in [4.69, 9.17) is 0 Å². The number of hydrogen-bond donors (Lipinski definition) is 1. The Morgan fingerprint density at radius 1 is 1.20 bits per heavy atom. The molecule has 1 aliphatic heterocycles. The lowest BCUT2D eigenvalue weighted by molar-refractivity contribution is -0.118. The van der Waals surface area contributed by atoms with Crippen LogP contribution in [0.5, 0.6) is 0 Å². The number of benzene rings is 1. The van der Waals surface area contributed by atoms with Gasteiger partial charge in [0.25, 0.3) is 10.9 Å². The number of hydrogen-bond acceptors (Lipinski definition) is 5. The number of rotatable bonds is 4. The predicted octanol–water partition coefficient (Wildman–Crippen LogP) is 1.72. The molecule has 0 bridgehead atoms. The average Bonchev–Trinajstić information content (AvgIpc) is 2.72. The van der Waals surface area contributed by atoms with Crippen LogP contribution in [0.15, 0.2) is 33.9 Å². The lowest BCUT2D eigenvalue weighted by atomic mass is 9.95. The highest BCUT2D eigenvalue weighted by Gasteiger charge is 2.39. The van der Waals surface area contributed by atoms with E-state index in [2.05, 4.69) is 5.32 Å². The Morgan fingerprint density at radius 3 is 2.52 bits per heavy atom. The molecule has 2 aromatic carbocycles. The Balaban J connectivity index is 2.16. The van der Waals surface area contributed by atoms with Crippen LogP contribution in [0.2, 0.25) is 0 Å². The van der Waals surface area contributed by atoms with E-state index >= 15 is 0 Å². The number of anilines is 3. The number of carbonyl (C=O) groups excluding carboxylic acids is 1. The molecule has 1 amide bonds. The molecule has 0 aromatic heterocycles. The molecule has 2 aromatic rings. The molecule has 0 saturated carbocycles. The smallest absolute Gasteiger partial charge is 0.253 e. The zero-order chi connectivity index (χ0) is 18.3. The van der Waals surface area contributed by atoms with Crippen LogP contribution in [0, 0.1) is 5.92 Å². The van der Waals surface area contributed by atoms with Crippen molar-refractivity contribution in [3.63, 3.8) is 0 Å². The molecule has 1 aliphatic rings. The van der Waals surface area contributed by atoms with Gasteiger partial charge in [-0.3, -0.25) is 14.4 Å². The third kappa shape index (κ3) is 2.71. The van der Waals surface area contributed by atoms with Gasteiger partial charge in [-0.05, 0) is 17.5 Å². The highest BCUT2D eigenvalue weighted by atomic mass is 16.2. The second-order valence-corrected chi connectivity index (χ2v) is 6.85. The van der Waals surface area contributed by atoms with Gasteiger partial charge in [0, 0.05) is 26.3 Å². The molecule has 25 heavy (non-hydrogen) atoms. The van der Waals surface area contributed by atoms with E-state index in [1.54, 1.807) is 19.0 Å². The van der Waals surface area contributed by atoms with Crippen molar-refractivity contribution in [3.05, 3.63) is 50.3 Å². The first kappa shape index (κ1) is 17.2. The predicted molar refractivity (Wildman–Crippen MR) is 100 cm³/mol. The molecule has 0 aliphatic carbocycles. The number of nitrogens with zero attached hydrogens (tertiary/aromatic N) is 2. The van der Waals surface area contributed by atoms with Crippen molar-refractivity contribution >= 4 is 23.0 Å². The lowest BCUT2D eigenvalue weighted by Gasteiger charge is -2.36. The monoisotopic (exact) mass is 341 g/mol.